The minimum absolute atomic E-state index is 0.229. The number of nitrogens with one attached hydrogen (secondary N) is 1. The van der Waals surface area contributed by atoms with E-state index in [-0.39, 0.29) is 6.10 Å². The molecule has 146 valence electrons. The monoisotopic (exact) mass is 370 g/mol. The molecule has 0 bridgehead atoms. The van der Waals surface area contributed by atoms with Crippen LogP contribution in [0.2, 0.25) is 0 Å². The highest BCUT2D eigenvalue weighted by Crippen LogP contribution is 2.34. The second kappa shape index (κ2) is 7.84. The molecule has 0 aliphatic carbocycles. The summed E-state index contributed by atoms with van der Waals surface area (Å²) in [5.74, 6) is 2.17. The summed E-state index contributed by atoms with van der Waals surface area (Å²) in [6, 6.07) is 2.56. The van der Waals surface area contributed by atoms with E-state index in [4.69, 9.17) is 9.72 Å². The summed E-state index contributed by atoms with van der Waals surface area (Å²) in [6.45, 7) is 6.28. The van der Waals surface area contributed by atoms with Gasteiger partial charge in [-0.2, -0.15) is 10.1 Å². The lowest BCUT2D eigenvalue weighted by Crippen LogP contribution is -2.43. The molecule has 0 aromatic carbocycles. The van der Waals surface area contributed by atoms with Crippen LogP contribution >= 0.6 is 0 Å². The van der Waals surface area contributed by atoms with Crippen molar-refractivity contribution in [3.63, 3.8) is 0 Å². The van der Waals surface area contributed by atoms with Gasteiger partial charge >= 0.3 is 0 Å². The van der Waals surface area contributed by atoms with Gasteiger partial charge in [-0.1, -0.05) is 13.8 Å². The maximum atomic E-state index is 6.01. The fraction of sp³-hybridized carbons (Fsp3) is 0.650. The third-order valence-corrected chi connectivity index (χ3v) is 5.62. The van der Waals surface area contributed by atoms with E-state index < -0.39 is 0 Å². The van der Waals surface area contributed by atoms with Crippen molar-refractivity contribution in [1.82, 2.24) is 19.7 Å². The molecular weight excluding hydrogens is 340 g/mol. The van der Waals surface area contributed by atoms with Crippen LogP contribution in [0.25, 0.3) is 0 Å². The summed E-state index contributed by atoms with van der Waals surface area (Å²) >= 11 is 0. The Balaban J connectivity index is 1.52. The van der Waals surface area contributed by atoms with Crippen molar-refractivity contribution in [1.29, 1.82) is 0 Å². The molecule has 2 aromatic rings. The standard InChI is InChI=1S/C20H30N6O/c1-14(2)19-16(6-5-11-27-19)23-18-8-9-21-20(24-18)26-10-4-7-17(26)15-12-22-25(3)13-15/h8-9,12-14,16-17,19H,4-7,10-11H2,1-3H3,(H,21,23,24)/t16-,17+,19-/m0/s1. The first-order valence-electron chi connectivity index (χ1n) is 10.1. The lowest BCUT2D eigenvalue weighted by molar-refractivity contribution is -0.0203. The molecule has 0 spiro atoms. The predicted molar refractivity (Wildman–Crippen MR) is 106 cm³/mol. The second-order valence-corrected chi connectivity index (χ2v) is 8.01. The Kier molecular flexibility index (Phi) is 5.29. The molecule has 0 unspecified atom stereocenters. The summed E-state index contributed by atoms with van der Waals surface area (Å²) in [5, 5.41) is 7.95. The molecule has 0 saturated carbocycles. The third kappa shape index (κ3) is 3.93. The van der Waals surface area contributed by atoms with E-state index in [0.29, 0.717) is 18.0 Å². The van der Waals surface area contributed by atoms with E-state index in [2.05, 4.69) is 40.3 Å². The van der Waals surface area contributed by atoms with Crippen LogP contribution in [0.5, 0.6) is 0 Å². The summed E-state index contributed by atoms with van der Waals surface area (Å²) in [4.78, 5) is 11.7. The molecule has 2 fully saturated rings. The summed E-state index contributed by atoms with van der Waals surface area (Å²) in [7, 11) is 1.96. The molecule has 4 heterocycles. The fourth-order valence-electron chi connectivity index (χ4n) is 4.34. The third-order valence-electron chi connectivity index (χ3n) is 5.62. The number of anilines is 2. The number of ether oxygens (including phenoxy) is 1. The van der Waals surface area contributed by atoms with Crippen molar-refractivity contribution in [3.05, 3.63) is 30.2 Å². The lowest BCUT2D eigenvalue weighted by Gasteiger charge is -2.35. The molecule has 2 aliphatic rings. The molecule has 2 aromatic heterocycles. The van der Waals surface area contributed by atoms with Gasteiger partial charge in [0.1, 0.15) is 5.82 Å². The number of aryl methyl sites for hydroxylation is 1. The zero-order chi connectivity index (χ0) is 18.8. The Hall–Kier alpha value is -2.15. The van der Waals surface area contributed by atoms with Crippen LogP contribution in [0.3, 0.4) is 0 Å². The maximum Gasteiger partial charge on any atom is 0.227 e. The molecule has 2 saturated heterocycles. The zero-order valence-corrected chi connectivity index (χ0v) is 16.5. The predicted octanol–water partition coefficient (Wildman–Crippen LogP) is 3.17. The smallest absolute Gasteiger partial charge is 0.227 e. The Morgan fingerprint density at radius 1 is 1.26 bits per heavy atom. The van der Waals surface area contributed by atoms with E-state index in [1.807, 2.05) is 30.2 Å². The Bertz CT molecular complexity index is 760. The zero-order valence-electron chi connectivity index (χ0n) is 16.5. The highest BCUT2D eigenvalue weighted by molar-refractivity contribution is 5.45. The van der Waals surface area contributed by atoms with Gasteiger partial charge in [0.2, 0.25) is 5.95 Å². The normalized spacial score (nSPS) is 25.9. The van der Waals surface area contributed by atoms with Gasteiger partial charge < -0.3 is 15.0 Å². The average molecular weight is 371 g/mol. The number of aromatic nitrogens is 4. The maximum absolute atomic E-state index is 6.01. The molecule has 0 radical (unpaired) electrons. The highest BCUT2D eigenvalue weighted by Gasteiger charge is 2.31. The molecule has 7 heteroatoms. The first-order chi connectivity index (χ1) is 13.1. The largest absolute Gasteiger partial charge is 0.376 e. The number of hydrogen-bond acceptors (Lipinski definition) is 6. The SMILES string of the molecule is CC(C)[C@@H]1OCCC[C@@H]1Nc1ccnc(N2CCC[C@@H]2c2cnn(C)c2)n1. The van der Waals surface area contributed by atoms with Crippen molar-refractivity contribution in [2.24, 2.45) is 13.0 Å². The van der Waals surface area contributed by atoms with Crippen LogP contribution in [-0.4, -0.2) is 45.0 Å². The number of hydrogen-bond donors (Lipinski definition) is 1. The number of rotatable bonds is 5. The quantitative estimate of drug-likeness (QED) is 0.872. The topological polar surface area (TPSA) is 68.1 Å². The summed E-state index contributed by atoms with van der Waals surface area (Å²) < 4.78 is 7.87. The van der Waals surface area contributed by atoms with Crippen molar-refractivity contribution < 1.29 is 4.74 Å². The first kappa shape index (κ1) is 18.2. The van der Waals surface area contributed by atoms with E-state index in [9.17, 15) is 0 Å². The van der Waals surface area contributed by atoms with E-state index >= 15 is 0 Å². The molecule has 7 nitrogen and oxygen atoms in total. The minimum atomic E-state index is 0.229. The van der Waals surface area contributed by atoms with Gasteiger partial charge in [-0.15, -0.1) is 0 Å². The fourth-order valence-corrected chi connectivity index (χ4v) is 4.34. The van der Waals surface area contributed by atoms with Crippen molar-refractivity contribution >= 4 is 11.8 Å². The van der Waals surface area contributed by atoms with Crippen molar-refractivity contribution in [2.75, 3.05) is 23.4 Å². The Morgan fingerprint density at radius 2 is 2.15 bits per heavy atom. The highest BCUT2D eigenvalue weighted by atomic mass is 16.5. The van der Waals surface area contributed by atoms with E-state index in [1.54, 1.807) is 0 Å². The van der Waals surface area contributed by atoms with Crippen LogP contribution in [-0.2, 0) is 11.8 Å². The Morgan fingerprint density at radius 3 is 2.93 bits per heavy atom. The molecular formula is C20H30N6O. The van der Waals surface area contributed by atoms with Crippen LogP contribution in [0.1, 0.15) is 51.1 Å². The van der Waals surface area contributed by atoms with Crippen LogP contribution < -0.4 is 10.2 Å². The molecule has 27 heavy (non-hydrogen) atoms. The van der Waals surface area contributed by atoms with Crippen LogP contribution in [0.4, 0.5) is 11.8 Å². The van der Waals surface area contributed by atoms with Gasteiger partial charge in [-0.3, -0.25) is 4.68 Å². The van der Waals surface area contributed by atoms with Gasteiger partial charge in [-0.25, -0.2) is 4.98 Å². The molecule has 4 rings (SSSR count). The van der Waals surface area contributed by atoms with Gasteiger partial charge in [0.15, 0.2) is 0 Å². The lowest BCUT2D eigenvalue weighted by atomic mass is 9.94. The number of nitrogens with zero attached hydrogens (tertiary/aromatic N) is 5. The molecule has 0 amide bonds. The van der Waals surface area contributed by atoms with Crippen LogP contribution in [0, 0.1) is 5.92 Å². The van der Waals surface area contributed by atoms with Gasteiger partial charge in [0.25, 0.3) is 0 Å². The van der Waals surface area contributed by atoms with Gasteiger partial charge in [0, 0.05) is 38.2 Å². The first-order valence-corrected chi connectivity index (χ1v) is 10.1. The molecule has 1 N–H and O–H groups in total. The van der Waals surface area contributed by atoms with Crippen molar-refractivity contribution in [2.45, 2.75) is 57.7 Å². The average Bonchev–Trinajstić information content (AvgIpc) is 3.31. The Labute approximate surface area is 161 Å². The minimum Gasteiger partial charge on any atom is -0.376 e. The second-order valence-electron chi connectivity index (χ2n) is 8.01. The van der Waals surface area contributed by atoms with Crippen LogP contribution in [0.15, 0.2) is 24.7 Å². The van der Waals surface area contributed by atoms with Crippen molar-refractivity contribution in [3.8, 4) is 0 Å². The molecule has 3 atom stereocenters. The van der Waals surface area contributed by atoms with E-state index in [0.717, 1.165) is 50.6 Å². The van der Waals surface area contributed by atoms with Gasteiger partial charge in [0.05, 0.1) is 24.4 Å². The van der Waals surface area contributed by atoms with E-state index in [1.165, 1.54) is 5.56 Å². The summed E-state index contributed by atoms with van der Waals surface area (Å²) in [5.41, 5.74) is 1.23. The molecule has 2 aliphatic heterocycles. The summed E-state index contributed by atoms with van der Waals surface area (Å²) in [6.07, 6.45) is 10.6. The van der Waals surface area contributed by atoms with Gasteiger partial charge in [-0.05, 0) is 37.7 Å².